The molecule has 0 fully saturated rings. The van der Waals surface area contributed by atoms with Crippen LogP contribution in [0.15, 0.2) is 18.2 Å². The lowest BCUT2D eigenvalue weighted by molar-refractivity contribution is -0.120. The second kappa shape index (κ2) is 7.22. The number of aromatic hydroxyl groups is 2. The Morgan fingerprint density at radius 2 is 2.00 bits per heavy atom. The molecule has 0 aromatic heterocycles. The number of carbonyl (C=O) groups excluding carboxylic acids is 2. The monoisotopic (exact) mass is 268 g/mol. The molecule has 1 rings (SSSR count). The van der Waals surface area contributed by atoms with Gasteiger partial charge in [0.25, 0.3) is 5.91 Å². The van der Waals surface area contributed by atoms with Crippen LogP contribution in [0.2, 0.25) is 0 Å². The Morgan fingerprint density at radius 3 is 2.68 bits per heavy atom. The maximum atomic E-state index is 11.7. The number of rotatable bonds is 6. The van der Waals surface area contributed by atoms with Gasteiger partial charge in [0, 0.05) is 13.7 Å². The number of carbonyl (C=O) groups is 2. The molecule has 7 nitrogen and oxygen atoms in total. The number of amides is 2. The molecule has 1 aromatic carbocycles. The van der Waals surface area contributed by atoms with E-state index >= 15 is 0 Å². The summed E-state index contributed by atoms with van der Waals surface area (Å²) in [6, 6.07) is 4.01. The number of hydrogen-bond donors (Lipinski definition) is 4. The van der Waals surface area contributed by atoms with Crippen molar-refractivity contribution in [3.63, 3.8) is 0 Å². The van der Waals surface area contributed by atoms with Gasteiger partial charge in [-0.2, -0.15) is 0 Å². The molecule has 0 saturated carbocycles. The molecule has 0 saturated heterocycles. The van der Waals surface area contributed by atoms with Gasteiger partial charge in [-0.05, 0) is 12.1 Å². The van der Waals surface area contributed by atoms with Gasteiger partial charge in [0.2, 0.25) is 5.91 Å². The van der Waals surface area contributed by atoms with Crippen molar-refractivity contribution < 1.29 is 24.5 Å². The number of nitrogens with one attached hydrogen (secondary N) is 2. The van der Waals surface area contributed by atoms with Gasteiger partial charge in [-0.3, -0.25) is 9.59 Å². The number of ether oxygens (including phenoxy) is 1. The van der Waals surface area contributed by atoms with E-state index in [1.807, 2.05) is 0 Å². The van der Waals surface area contributed by atoms with Crippen molar-refractivity contribution in [2.24, 2.45) is 0 Å². The predicted molar refractivity (Wildman–Crippen MR) is 67.0 cm³/mol. The Kier molecular flexibility index (Phi) is 5.62. The fraction of sp³-hybridized carbons (Fsp3) is 0.333. The lowest BCUT2D eigenvalue weighted by Crippen LogP contribution is -2.38. The van der Waals surface area contributed by atoms with E-state index in [4.69, 9.17) is 4.74 Å². The second-order valence-electron chi connectivity index (χ2n) is 3.70. The van der Waals surface area contributed by atoms with Crippen molar-refractivity contribution in [2.75, 3.05) is 26.8 Å². The summed E-state index contributed by atoms with van der Waals surface area (Å²) in [6.45, 7) is 0.507. The average molecular weight is 268 g/mol. The second-order valence-corrected chi connectivity index (χ2v) is 3.70. The fourth-order valence-electron chi connectivity index (χ4n) is 1.33. The smallest absolute Gasteiger partial charge is 0.255 e. The number of para-hydroxylation sites is 1. The molecule has 0 spiro atoms. The van der Waals surface area contributed by atoms with Gasteiger partial charge >= 0.3 is 0 Å². The third-order valence-electron chi connectivity index (χ3n) is 2.30. The zero-order valence-electron chi connectivity index (χ0n) is 10.5. The zero-order chi connectivity index (χ0) is 14.3. The number of hydrogen-bond acceptors (Lipinski definition) is 5. The van der Waals surface area contributed by atoms with Crippen molar-refractivity contribution in [1.82, 2.24) is 10.6 Å². The summed E-state index contributed by atoms with van der Waals surface area (Å²) >= 11 is 0. The van der Waals surface area contributed by atoms with E-state index in [1.54, 1.807) is 0 Å². The standard InChI is InChI=1S/C12H16N2O5/c1-19-6-5-13-10(16)7-14-12(18)8-3-2-4-9(15)11(8)17/h2-4,15,17H,5-7H2,1H3,(H,13,16)(H,14,18). The Labute approximate surface area is 110 Å². The summed E-state index contributed by atoms with van der Waals surface area (Å²) in [6.07, 6.45) is 0. The van der Waals surface area contributed by atoms with Gasteiger partial charge in [0.1, 0.15) is 0 Å². The van der Waals surface area contributed by atoms with Crippen molar-refractivity contribution >= 4 is 11.8 Å². The molecule has 0 atom stereocenters. The van der Waals surface area contributed by atoms with E-state index in [0.29, 0.717) is 13.2 Å². The van der Waals surface area contributed by atoms with Crippen LogP contribution in [0.4, 0.5) is 0 Å². The topological polar surface area (TPSA) is 108 Å². The lowest BCUT2D eigenvalue weighted by atomic mass is 10.1. The maximum absolute atomic E-state index is 11.7. The molecular formula is C12H16N2O5. The third kappa shape index (κ3) is 4.47. The average Bonchev–Trinajstić information content (AvgIpc) is 2.39. The Hall–Kier alpha value is -2.28. The van der Waals surface area contributed by atoms with Crippen LogP contribution in [0, 0.1) is 0 Å². The quantitative estimate of drug-likeness (QED) is 0.414. The lowest BCUT2D eigenvalue weighted by Gasteiger charge is -2.08. The molecule has 104 valence electrons. The largest absolute Gasteiger partial charge is 0.504 e. The van der Waals surface area contributed by atoms with E-state index in [9.17, 15) is 19.8 Å². The van der Waals surface area contributed by atoms with Crippen molar-refractivity contribution in [2.45, 2.75) is 0 Å². The Bertz CT molecular complexity index is 461. The Morgan fingerprint density at radius 1 is 1.26 bits per heavy atom. The van der Waals surface area contributed by atoms with Crippen LogP contribution in [-0.4, -0.2) is 48.8 Å². The minimum atomic E-state index is -0.643. The van der Waals surface area contributed by atoms with Crippen LogP contribution in [0.3, 0.4) is 0 Å². The Balaban J connectivity index is 2.47. The van der Waals surface area contributed by atoms with Crippen LogP contribution < -0.4 is 10.6 Å². The summed E-state index contributed by atoms with van der Waals surface area (Å²) in [7, 11) is 1.51. The van der Waals surface area contributed by atoms with Crippen LogP contribution in [0.25, 0.3) is 0 Å². The maximum Gasteiger partial charge on any atom is 0.255 e. The van der Waals surface area contributed by atoms with Gasteiger partial charge in [-0.25, -0.2) is 0 Å². The predicted octanol–water partition coefficient (Wildman–Crippen LogP) is -0.410. The first-order chi connectivity index (χ1) is 9.06. The first kappa shape index (κ1) is 14.8. The van der Waals surface area contributed by atoms with E-state index in [-0.39, 0.29) is 18.0 Å². The molecule has 0 bridgehead atoms. The van der Waals surface area contributed by atoms with Gasteiger partial charge < -0.3 is 25.6 Å². The summed E-state index contributed by atoms with van der Waals surface area (Å²) in [4.78, 5) is 23.0. The minimum Gasteiger partial charge on any atom is -0.504 e. The van der Waals surface area contributed by atoms with E-state index in [1.165, 1.54) is 25.3 Å². The van der Waals surface area contributed by atoms with Gasteiger partial charge in [-0.1, -0.05) is 6.07 Å². The van der Waals surface area contributed by atoms with Gasteiger partial charge in [0.05, 0.1) is 18.7 Å². The molecule has 2 amide bonds. The number of methoxy groups -OCH3 is 1. The molecule has 0 radical (unpaired) electrons. The number of phenolic OH excluding ortho intramolecular Hbond substituents is 2. The molecule has 7 heteroatoms. The minimum absolute atomic E-state index is 0.0929. The van der Waals surface area contributed by atoms with Crippen LogP contribution in [-0.2, 0) is 9.53 Å². The van der Waals surface area contributed by atoms with Crippen molar-refractivity contribution in [3.8, 4) is 11.5 Å². The molecule has 19 heavy (non-hydrogen) atoms. The highest BCUT2D eigenvalue weighted by Gasteiger charge is 2.14. The van der Waals surface area contributed by atoms with Crippen LogP contribution in [0.1, 0.15) is 10.4 Å². The molecule has 4 N–H and O–H groups in total. The van der Waals surface area contributed by atoms with Crippen LogP contribution in [0.5, 0.6) is 11.5 Å². The number of phenols is 2. The van der Waals surface area contributed by atoms with E-state index < -0.39 is 17.4 Å². The highest BCUT2D eigenvalue weighted by molar-refractivity contribution is 5.99. The zero-order valence-corrected chi connectivity index (χ0v) is 10.5. The van der Waals surface area contributed by atoms with Crippen molar-refractivity contribution in [1.29, 1.82) is 0 Å². The third-order valence-corrected chi connectivity index (χ3v) is 2.30. The highest BCUT2D eigenvalue weighted by atomic mass is 16.5. The highest BCUT2D eigenvalue weighted by Crippen LogP contribution is 2.27. The molecule has 1 aromatic rings. The van der Waals surface area contributed by atoms with Crippen LogP contribution >= 0.6 is 0 Å². The van der Waals surface area contributed by atoms with E-state index in [0.717, 1.165) is 0 Å². The first-order valence-corrected chi connectivity index (χ1v) is 5.61. The molecule has 0 heterocycles. The summed E-state index contributed by atoms with van der Waals surface area (Å²) in [5, 5.41) is 23.6. The SMILES string of the molecule is COCCNC(=O)CNC(=O)c1cccc(O)c1O. The molecule has 0 aliphatic carbocycles. The normalized spacial score (nSPS) is 9.95. The fourth-order valence-corrected chi connectivity index (χ4v) is 1.33. The molecular weight excluding hydrogens is 252 g/mol. The number of benzene rings is 1. The first-order valence-electron chi connectivity index (χ1n) is 5.61. The summed E-state index contributed by atoms with van der Waals surface area (Å²) in [5.41, 5.74) is -0.0929. The van der Waals surface area contributed by atoms with Gasteiger partial charge in [-0.15, -0.1) is 0 Å². The summed E-state index contributed by atoms with van der Waals surface area (Å²) in [5.74, 6) is -1.92. The molecule has 0 unspecified atom stereocenters. The molecule has 0 aliphatic heterocycles. The molecule has 0 aliphatic rings. The van der Waals surface area contributed by atoms with Gasteiger partial charge in [0.15, 0.2) is 11.5 Å². The van der Waals surface area contributed by atoms with E-state index in [2.05, 4.69) is 10.6 Å². The van der Waals surface area contributed by atoms with Crippen molar-refractivity contribution in [3.05, 3.63) is 23.8 Å². The summed E-state index contributed by atoms with van der Waals surface area (Å²) < 4.78 is 4.75.